The molecule has 0 spiro atoms. The summed E-state index contributed by atoms with van der Waals surface area (Å²) in [6.07, 6.45) is 0.762. The van der Waals surface area contributed by atoms with Crippen LogP contribution in [-0.4, -0.2) is 11.9 Å². The molecule has 1 aliphatic rings. The van der Waals surface area contributed by atoms with Gasteiger partial charge in [0.1, 0.15) is 0 Å². The highest BCUT2D eigenvalue weighted by Crippen LogP contribution is 2.45. The van der Waals surface area contributed by atoms with E-state index in [2.05, 4.69) is 0 Å². The van der Waals surface area contributed by atoms with Gasteiger partial charge in [0, 0.05) is 17.3 Å². The van der Waals surface area contributed by atoms with Gasteiger partial charge in [0.15, 0.2) is 11.5 Å². The Morgan fingerprint density at radius 2 is 2.07 bits per heavy atom. The van der Waals surface area contributed by atoms with E-state index in [9.17, 15) is 5.11 Å². The average Bonchev–Trinajstić information content (AvgIpc) is 2.53. The van der Waals surface area contributed by atoms with Gasteiger partial charge in [-0.05, 0) is 6.42 Å². The summed E-state index contributed by atoms with van der Waals surface area (Å²) in [4.78, 5) is 0. The highest BCUT2D eigenvalue weighted by Gasteiger charge is 2.23. The molecule has 1 heterocycles. The quantitative estimate of drug-likeness (QED) is 0.703. The Bertz CT molecular complexity index is 354. The lowest BCUT2D eigenvalue weighted by Crippen LogP contribution is -1.96. The van der Waals surface area contributed by atoms with Crippen molar-refractivity contribution in [2.75, 3.05) is 12.5 Å². The van der Waals surface area contributed by atoms with Crippen LogP contribution in [0.4, 0.5) is 5.69 Å². The fraction of sp³-hybridized carbons (Fsp3) is 0.333. The van der Waals surface area contributed by atoms with Crippen LogP contribution < -0.4 is 15.2 Å². The molecule has 3 N–H and O–H groups in total. The minimum absolute atomic E-state index is 0. The lowest BCUT2D eigenvalue weighted by Gasteiger charge is -2.07. The number of phenols is 1. The van der Waals surface area contributed by atoms with Crippen molar-refractivity contribution in [2.24, 2.45) is 0 Å². The second kappa shape index (κ2) is 3.84. The Labute approximate surface area is 88.0 Å². The van der Waals surface area contributed by atoms with Gasteiger partial charge in [0.05, 0.1) is 0 Å². The number of aromatic hydroxyl groups is 1. The summed E-state index contributed by atoms with van der Waals surface area (Å²) in [7, 11) is 0. The van der Waals surface area contributed by atoms with Crippen molar-refractivity contribution in [3.8, 4) is 17.2 Å². The van der Waals surface area contributed by atoms with Crippen molar-refractivity contribution in [2.45, 2.75) is 13.3 Å². The molecule has 5 heteroatoms. The second-order valence-electron chi connectivity index (χ2n) is 2.88. The van der Waals surface area contributed by atoms with E-state index < -0.39 is 0 Å². The topological polar surface area (TPSA) is 64.7 Å². The Hall–Kier alpha value is -1.29. The molecule has 0 saturated carbocycles. The molecule has 0 aliphatic carbocycles. The standard InChI is InChI=1S/C9H11NO3.ClH/c1-2-5-6(10)3-7(11)9-8(5)12-4-13-9;/h3,11H,2,4,10H2,1H3;1H. The van der Waals surface area contributed by atoms with Crippen LogP contribution in [0.2, 0.25) is 0 Å². The van der Waals surface area contributed by atoms with Gasteiger partial charge in [-0.25, -0.2) is 0 Å². The summed E-state index contributed by atoms with van der Waals surface area (Å²) < 4.78 is 10.3. The minimum atomic E-state index is 0. The Kier molecular flexibility index (Phi) is 2.96. The number of fused-ring (bicyclic) bond motifs is 1. The van der Waals surface area contributed by atoms with Crippen LogP contribution in [0.3, 0.4) is 0 Å². The van der Waals surface area contributed by atoms with Gasteiger partial charge < -0.3 is 20.3 Å². The fourth-order valence-electron chi connectivity index (χ4n) is 1.49. The fourth-order valence-corrected chi connectivity index (χ4v) is 1.49. The van der Waals surface area contributed by atoms with E-state index in [4.69, 9.17) is 15.2 Å². The molecule has 0 saturated heterocycles. The van der Waals surface area contributed by atoms with E-state index >= 15 is 0 Å². The zero-order chi connectivity index (χ0) is 9.42. The van der Waals surface area contributed by atoms with Crippen LogP contribution in [0.1, 0.15) is 12.5 Å². The molecule has 1 aromatic rings. The van der Waals surface area contributed by atoms with Gasteiger partial charge in [-0.2, -0.15) is 0 Å². The third kappa shape index (κ3) is 1.42. The largest absolute Gasteiger partial charge is 0.504 e. The maximum atomic E-state index is 9.45. The molecule has 1 aliphatic heterocycles. The number of nitrogens with two attached hydrogens (primary N) is 1. The van der Waals surface area contributed by atoms with Crippen LogP contribution in [0.25, 0.3) is 0 Å². The monoisotopic (exact) mass is 217 g/mol. The Morgan fingerprint density at radius 3 is 2.71 bits per heavy atom. The summed E-state index contributed by atoms with van der Waals surface area (Å²) in [6, 6.07) is 1.49. The molecule has 0 atom stereocenters. The summed E-state index contributed by atoms with van der Waals surface area (Å²) in [5.74, 6) is 1.04. The molecule has 78 valence electrons. The van der Waals surface area contributed by atoms with Gasteiger partial charge in [-0.1, -0.05) is 6.92 Å². The van der Waals surface area contributed by atoms with Crippen LogP contribution in [-0.2, 0) is 6.42 Å². The third-order valence-electron chi connectivity index (χ3n) is 2.11. The first-order valence-electron chi connectivity index (χ1n) is 4.14. The van der Waals surface area contributed by atoms with E-state index in [1.54, 1.807) is 0 Å². The normalized spacial score (nSPS) is 12.4. The number of anilines is 1. The number of benzene rings is 1. The smallest absolute Gasteiger partial charge is 0.231 e. The summed E-state index contributed by atoms with van der Waals surface area (Å²) >= 11 is 0. The van der Waals surface area contributed by atoms with E-state index in [-0.39, 0.29) is 24.9 Å². The highest BCUT2D eigenvalue weighted by molar-refractivity contribution is 5.85. The molecule has 14 heavy (non-hydrogen) atoms. The minimum Gasteiger partial charge on any atom is -0.504 e. The SMILES string of the molecule is CCc1c(N)cc(O)c2c1OCO2.Cl. The van der Waals surface area contributed by atoms with Crippen LogP contribution in [0, 0.1) is 0 Å². The predicted molar refractivity (Wildman–Crippen MR) is 55.3 cm³/mol. The Balaban J connectivity index is 0.000000980. The summed E-state index contributed by atoms with van der Waals surface area (Å²) in [5, 5.41) is 9.45. The van der Waals surface area contributed by atoms with E-state index in [0.717, 1.165) is 12.0 Å². The van der Waals surface area contributed by atoms with Crippen molar-refractivity contribution < 1.29 is 14.6 Å². The molecule has 0 bridgehead atoms. The molecular formula is C9H12ClNO3. The van der Waals surface area contributed by atoms with E-state index in [1.807, 2.05) is 6.92 Å². The number of rotatable bonds is 1. The molecule has 0 amide bonds. The molecular weight excluding hydrogens is 206 g/mol. The average molecular weight is 218 g/mol. The highest BCUT2D eigenvalue weighted by atomic mass is 35.5. The lowest BCUT2D eigenvalue weighted by atomic mass is 10.1. The van der Waals surface area contributed by atoms with Crippen LogP contribution in [0.5, 0.6) is 17.2 Å². The maximum Gasteiger partial charge on any atom is 0.231 e. The number of nitrogen functional groups attached to an aromatic ring is 1. The van der Waals surface area contributed by atoms with Gasteiger partial charge in [-0.15, -0.1) is 12.4 Å². The van der Waals surface area contributed by atoms with Gasteiger partial charge in [0.2, 0.25) is 12.5 Å². The van der Waals surface area contributed by atoms with Crippen molar-refractivity contribution in [1.29, 1.82) is 0 Å². The molecule has 0 fully saturated rings. The number of halogens is 1. The molecule has 4 nitrogen and oxygen atoms in total. The lowest BCUT2D eigenvalue weighted by molar-refractivity contribution is 0.171. The number of hydrogen-bond donors (Lipinski definition) is 2. The van der Waals surface area contributed by atoms with Crippen molar-refractivity contribution in [3.63, 3.8) is 0 Å². The first-order chi connectivity index (χ1) is 6.24. The molecule has 1 aromatic carbocycles. The maximum absolute atomic E-state index is 9.45. The van der Waals surface area contributed by atoms with Crippen LogP contribution in [0.15, 0.2) is 6.07 Å². The molecule has 2 rings (SSSR count). The third-order valence-corrected chi connectivity index (χ3v) is 2.11. The zero-order valence-corrected chi connectivity index (χ0v) is 8.56. The van der Waals surface area contributed by atoms with Gasteiger partial charge >= 0.3 is 0 Å². The molecule has 0 aromatic heterocycles. The summed E-state index contributed by atoms with van der Waals surface area (Å²) in [5.41, 5.74) is 7.15. The summed E-state index contributed by atoms with van der Waals surface area (Å²) in [6.45, 7) is 2.13. The van der Waals surface area contributed by atoms with Crippen molar-refractivity contribution in [1.82, 2.24) is 0 Å². The Morgan fingerprint density at radius 1 is 1.43 bits per heavy atom. The predicted octanol–water partition coefficient (Wildman–Crippen LogP) is 1.69. The van der Waals surface area contributed by atoms with Gasteiger partial charge in [-0.3, -0.25) is 0 Å². The first kappa shape index (κ1) is 10.8. The van der Waals surface area contributed by atoms with Gasteiger partial charge in [0.25, 0.3) is 0 Å². The van der Waals surface area contributed by atoms with Crippen molar-refractivity contribution in [3.05, 3.63) is 11.6 Å². The number of hydrogen-bond acceptors (Lipinski definition) is 4. The zero-order valence-electron chi connectivity index (χ0n) is 7.74. The number of phenolic OH excluding ortho intramolecular Hbond substituents is 1. The molecule has 0 radical (unpaired) electrons. The first-order valence-corrected chi connectivity index (χ1v) is 4.14. The van der Waals surface area contributed by atoms with E-state index in [1.165, 1.54) is 6.07 Å². The van der Waals surface area contributed by atoms with Crippen molar-refractivity contribution >= 4 is 18.1 Å². The van der Waals surface area contributed by atoms with Crippen LogP contribution >= 0.6 is 12.4 Å². The number of ether oxygens (including phenoxy) is 2. The van der Waals surface area contributed by atoms with E-state index in [0.29, 0.717) is 17.2 Å². The molecule has 0 unspecified atom stereocenters. The second-order valence-corrected chi connectivity index (χ2v) is 2.88.